The maximum Gasteiger partial charge on any atom is 0.0558 e. The Bertz CT molecular complexity index is 195. The fraction of sp³-hybridized carbons (Fsp3) is 0.750. The van der Waals surface area contributed by atoms with Gasteiger partial charge < -0.3 is 0 Å². The third-order valence-corrected chi connectivity index (χ3v) is 3.21. The summed E-state index contributed by atoms with van der Waals surface area (Å²) in [5, 5.41) is 0. The van der Waals surface area contributed by atoms with Crippen LogP contribution in [0.5, 0.6) is 0 Å². The van der Waals surface area contributed by atoms with Crippen LogP contribution in [0.3, 0.4) is 0 Å². The highest BCUT2D eigenvalue weighted by molar-refractivity contribution is 5.63. The van der Waals surface area contributed by atoms with Crippen LogP contribution >= 0.6 is 0 Å². The highest BCUT2D eigenvalue weighted by atomic mass is 14.8. The van der Waals surface area contributed by atoms with E-state index in [0.29, 0.717) is 12.0 Å². The van der Waals surface area contributed by atoms with Gasteiger partial charge in [0.1, 0.15) is 0 Å². The molecule has 1 heteroatoms. The average Bonchev–Trinajstić information content (AvgIpc) is 2.43. The quantitative estimate of drug-likeness (QED) is 0.504. The number of rotatable bonds is 0. The Morgan fingerprint density at radius 2 is 1.92 bits per heavy atom. The highest BCUT2D eigenvalue weighted by Crippen LogP contribution is 2.28. The molecule has 2 aliphatic rings. The van der Waals surface area contributed by atoms with E-state index >= 15 is 0 Å². The fourth-order valence-corrected chi connectivity index (χ4v) is 2.34. The van der Waals surface area contributed by atoms with Crippen LogP contribution in [-0.2, 0) is 0 Å². The second-order valence-corrected chi connectivity index (χ2v) is 4.41. The first-order chi connectivity index (χ1) is 6.36. The van der Waals surface area contributed by atoms with Crippen molar-refractivity contribution in [1.29, 1.82) is 0 Å². The largest absolute Gasteiger partial charge is 0.293 e. The second kappa shape index (κ2) is 4.08. The standard InChI is InChI=1S/C12H19N/c1-10-7-8-11-5-3-2-4-6-12(11)13-9-10/h7-12H,2-6H2,1H3. The van der Waals surface area contributed by atoms with Crippen LogP contribution < -0.4 is 0 Å². The summed E-state index contributed by atoms with van der Waals surface area (Å²) < 4.78 is 0. The Kier molecular flexibility index (Phi) is 2.82. The van der Waals surface area contributed by atoms with Crippen molar-refractivity contribution in [3.63, 3.8) is 0 Å². The predicted octanol–water partition coefficient (Wildman–Crippen LogP) is 3.21. The Morgan fingerprint density at radius 1 is 1.08 bits per heavy atom. The zero-order valence-corrected chi connectivity index (χ0v) is 8.45. The van der Waals surface area contributed by atoms with Gasteiger partial charge in [0, 0.05) is 12.1 Å². The highest BCUT2D eigenvalue weighted by Gasteiger charge is 2.21. The topological polar surface area (TPSA) is 12.4 Å². The molecule has 1 saturated carbocycles. The van der Waals surface area contributed by atoms with Gasteiger partial charge in [0.25, 0.3) is 0 Å². The summed E-state index contributed by atoms with van der Waals surface area (Å²) in [6.45, 7) is 2.21. The van der Waals surface area contributed by atoms with Crippen LogP contribution in [0.15, 0.2) is 17.1 Å². The second-order valence-electron chi connectivity index (χ2n) is 4.41. The fourth-order valence-electron chi connectivity index (χ4n) is 2.34. The monoisotopic (exact) mass is 177 g/mol. The van der Waals surface area contributed by atoms with Gasteiger partial charge in [0.2, 0.25) is 0 Å². The molecule has 3 atom stereocenters. The summed E-state index contributed by atoms with van der Waals surface area (Å²) in [6, 6.07) is 0.601. The zero-order chi connectivity index (χ0) is 9.10. The summed E-state index contributed by atoms with van der Waals surface area (Å²) in [6.07, 6.45) is 13.7. The van der Waals surface area contributed by atoms with Crippen LogP contribution in [-0.4, -0.2) is 12.3 Å². The molecule has 2 rings (SSSR count). The van der Waals surface area contributed by atoms with E-state index in [9.17, 15) is 0 Å². The number of hydrogen-bond donors (Lipinski definition) is 0. The van der Waals surface area contributed by atoms with E-state index in [4.69, 9.17) is 4.99 Å². The molecule has 0 bridgehead atoms. The number of allylic oxidation sites excluding steroid dienone is 1. The lowest BCUT2D eigenvalue weighted by atomic mass is 9.95. The minimum atomic E-state index is 0.548. The molecule has 0 aromatic rings. The molecule has 1 heterocycles. The maximum atomic E-state index is 4.70. The summed E-state index contributed by atoms with van der Waals surface area (Å²) in [7, 11) is 0. The minimum Gasteiger partial charge on any atom is -0.293 e. The van der Waals surface area contributed by atoms with Crippen LogP contribution in [0.25, 0.3) is 0 Å². The van der Waals surface area contributed by atoms with Crippen molar-refractivity contribution in [2.45, 2.75) is 45.1 Å². The molecule has 0 aromatic carbocycles. The molecule has 1 nitrogen and oxygen atoms in total. The lowest BCUT2D eigenvalue weighted by Gasteiger charge is -2.16. The lowest BCUT2D eigenvalue weighted by molar-refractivity contribution is 0.481. The Balaban J connectivity index is 2.12. The predicted molar refractivity (Wildman–Crippen MR) is 57.2 cm³/mol. The van der Waals surface area contributed by atoms with Gasteiger partial charge in [-0.3, -0.25) is 4.99 Å². The van der Waals surface area contributed by atoms with Gasteiger partial charge in [-0.25, -0.2) is 0 Å². The van der Waals surface area contributed by atoms with Crippen molar-refractivity contribution in [3.8, 4) is 0 Å². The molecule has 1 aliphatic carbocycles. The normalized spacial score (nSPS) is 39.3. The van der Waals surface area contributed by atoms with Crippen molar-refractivity contribution < 1.29 is 0 Å². The van der Waals surface area contributed by atoms with E-state index in [0.717, 1.165) is 5.92 Å². The van der Waals surface area contributed by atoms with Crippen molar-refractivity contribution in [2.75, 3.05) is 0 Å². The average molecular weight is 177 g/mol. The van der Waals surface area contributed by atoms with Crippen LogP contribution in [0.1, 0.15) is 39.0 Å². The first kappa shape index (κ1) is 8.98. The maximum absolute atomic E-state index is 4.70. The Labute approximate surface area is 80.9 Å². The molecular formula is C12H19N. The summed E-state index contributed by atoms with van der Waals surface area (Å²) in [5.74, 6) is 1.29. The SMILES string of the molecule is CC1C=CC2CCCCCC2N=C1. The van der Waals surface area contributed by atoms with E-state index in [2.05, 4.69) is 25.3 Å². The van der Waals surface area contributed by atoms with Crippen molar-refractivity contribution in [1.82, 2.24) is 0 Å². The van der Waals surface area contributed by atoms with Gasteiger partial charge in [0.05, 0.1) is 6.04 Å². The molecule has 0 radical (unpaired) electrons. The molecule has 0 aromatic heterocycles. The number of hydrogen-bond acceptors (Lipinski definition) is 1. The molecular weight excluding hydrogens is 158 g/mol. The van der Waals surface area contributed by atoms with E-state index < -0.39 is 0 Å². The minimum absolute atomic E-state index is 0.548. The van der Waals surface area contributed by atoms with E-state index in [1.807, 2.05) is 0 Å². The smallest absolute Gasteiger partial charge is 0.0558 e. The molecule has 0 saturated heterocycles. The first-order valence-corrected chi connectivity index (χ1v) is 5.58. The molecule has 0 N–H and O–H groups in total. The summed E-state index contributed by atoms with van der Waals surface area (Å²) in [4.78, 5) is 4.70. The molecule has 3 unspecified atom stereocenters. The Morgan fingerprint density at radius 3 is 2.85 bits per heavy atom. The number of nitrogens with zero attached hydrogens (tertiary/aromatic N) is 1. The van der Waals surface area contributed by atoms with Gasteiger partial charge in [-0.15, -0.1) is 0 Å². The molecule has 0 spiro atoms. The van der Waals surface area contributed by atoms with E-state index in [1.165, 1.54) is 32.1 Å². The molecule has 72 valence electrons. The summed E-state index contributed by atoms with van der Waals surface area (Å²) in [5.41, 5.74) is 0. The summed E-state index contributed by atoms with van der Waals surface area (Å²) >= 11 is 0. The van der Waals surface area contributed by atoms with Gasteiger partial charge in [0.15, 0.2) is 0 Å². The third kappa shape index (κ3) is 2.20. The molecule has 0 amide bonds. The van der Waals surface area contributed by atoms with Crippen LogP contribution in [0, 0.1) is 11.8 Å². The van der Waals surface area contributed by atoms with Gasteiger partial charge in [-0.2, -0.15) is 0 Å². The molecule has 13 heavy (non-hydrogen) atoms. The van der Waals surface area contributed by atoms with Gasteiger partial charge in [-0.05, 0) is 18.8 Å². The number of aliphatic imine (C=N–C) groups is 1. The molecule has 1 aliphatic heterocycles. The zero-order valence-electron chi connectivity index (χ0n) is 8.45. The van der Waals surface area contributed by atoms with Crippen molar-refractivity contribution in [3.05, 3.63) is 12.2 Å². The third-order valence-electron chi connectivity index (χ3n) is 3.21. The molecule has 1 fully saturated rings. The first-order valence-electron chi connectivity index (χ1n) is 5.58. The van der Waals surface area contributed by atoms with Crippen LogP contribution in [0.2, 0.25) is 0 Å². The van der Waals surface area contributed by atoms with Crippen molar-refractivity contribution in [2.24, 2.45) is 16.8 Å². The lowest BCUT2D eigenvalue weighted by Crippen LogP contribution is -2.14. The Hall–Kier alpha value is -0.590. The van der Waals surface area contributed by atoms with Crippen molar-refractivity contribution >= 4 is 6.21 Å². The number of fused-ring (bicyclic) bond motifs is 1. The van der Waals surface area contributed by atoms with Gasteiger partial charge >= 0.3 is 0 Å². The van der Waals surface area contributed by atoms with Crippen LogP contribution in [0.4, 0.5) is 0 Å². The van der Waals surface area contributed by atoms with E-state index in [-0.39, 0.29) is 0 Å². The van der Waals surface area contributed by atoms with E-state index in [1.54, 1.807) is 0 Å². The van der Waals surface area contributed by atoms with Gasteiger partial charge in [-0.1, -0.05) is 38.3 Å².